The number of aliphatic hydroxyl groups is 5. The van der Waals surface area contributed by atoms with E-state index >= 15 is 0 Å². The van der Waals surface area contributed by atoms with Gasteiger partial charge in [-0.3, -0.25) is 4.79 Å². The van der Waals surface area contributed by atoms with Crippen molar-refractivity contribution in [3.8, 4) is 0 Å². The topological polar surface area (TPSA) is 148 Å². The fourth-order valence-corrected chi connectivity index (χ4v) is 12.9. The standard InChI is InChI=1S/C37H60O8/c1-32(2)14-16-37(31(43)44)17-15-35(6)20(22(37)18-32)8-9-25-34(5)12-10-21(33(3,4)24(34)11-13-36(25,35)7)26(39)30-29(42)28(41)27(40)23(19-38)45-30/h8,21-30,38-42H,9-19H2,1-7H3,(H,43,44)/t21-,22?,23?,24?,25?,26?,27+,28?,29?,30-,34-,35+,36+,37-/m0/s1. The summed E-state index contributed by atoms with van der Waals surface area (Å²) in [7, 11) is 0. The fourth-order valence-electron chi connectivity index (χ4n) is 12.9. The molecule has 6 rings (SSSR count). The van der Waals surface area contributed by atoms with Crippen LogP contribution in [0.5, 0.6) is 0 Å². The molecule has 1 aliphatic heterocycles. The molecule has 6 N–H and O–H groups in total. The predicted octanol–water partition coefficient (Wildman–Crippen LogP) is 4.69. The van der Waals surface area contributed by atoms with E-state index in [1.165, 1.54) is 5.57 Å². The first kappa shape index (κ1) is 33.9. The number of fused-ring (bicyclic) bond motifs is 7. The van der Waals surface area contributed by atoms with E-state index in [0.717, 1.165) is 64.2 Å². The molecule has 6 aliphatic rings. The lowest BCUT2D eigenvalue weighted by atomic mass is 9.33. The van der Waals surface area contributed by atoms with Gasteiger partial charge in [-0.15, -0.1) is 0 Å². The monoisotopic (exact) mass is 632 g/mol. The van der Waals surface area contributed by atoms with E-state index < -0.39 is 54.6 Å². The van der Waals surface area contributed by atoms with Crippen LogP contribution < -0.4 is 0 Å². The molecule has 0 aromatic heterocycles. The Balaban J connectivity index is 1.31. The maximum Gasteiger partial charge on any atom is 0.310 e. The van der Waals surface area contributed by atoms with Crippen LogP contribution in [0.1, 0.15) is 113 Å². The number of carbonyl (C=O) groups is 1. The van der Waals surface area contributed by atoms with Crippen LogP contribution in [0.2, 0.25) is 0 Å². The molecule has 1 heterocycles. The van der Waals surface area contributed by atoms with Crippen molar-refractivity contribution in [1.29, 1.82) is 0 Å². The van der Waals surface area contributed by atoms with Crippen LogP contribution in [-0.4, -0.2) is 79.8 Å². The van der Waals surface area contributed by atoms with Crippen molar-refractivity contribution < 1.29 is 40.2 Å². The molecule has 0 amide bonds. The van der Waals surface area contributed by atoms with Gasteiger partial charge in [-0.1, -0.05) is 60.1 Å². The molecule has 0 bridgehead atoms. The van der Waals surface area contributed by atoms with Crippen molar-refractivity contribution in [2.45, 2.75) is 149 Å². The summed E-state index contributed by atoms with van der Waals surface area (Å²) in [5, 5.41) is 63.8. The van der Waals surface area contributed by atoms with Gasteiger partial charge in [0.15, 0.2) is 0 Å². The van der Waals surface area contributed by atoms with E-state index in [-0.39, 0.29) is 38.9 Å². The van der Waals surface area contributed by atoms with Crippen molar-refractivity contribution in [3.63, 3.8) is 0 Å². The summed E-state index contributed by atoms with van der Waals surface area (Å²) in [6.45, 7) is 16.0. The Morgan fingerprint density at radius 3 is 2.20 bits per heavy atom. The van der Waals surface area contributed by atoms with E-state index in [9.17, 15) is 35.4 Å². The number of carboxylic acids is 1. The summed E-state index contributed by atoms with van der Waals surface area (Å²) in [6.07, 6.45) is 3.91. The highest BCUT2D eigenvalue weighted by Crippen LogP contribution is 2.76. The first-order valence-electron chi connectivity index (χ1n) is 17.7. The second-order valence-electron chi connectivity index (χ2n) is 18.4. The minimum Gasteiger partial charge on any atom is -0.481 e. The van der Waals surface area contributed by atoms with Crippen molar-refractivity contribution in [3.05, 3.63) is 11.6 Å². The Morgan fingerprint density at radius 2 is 1.56 bits per heavy atom. The van der Waals surface area contributed by atoms with Crippen molar-refractivity contribution in [2.24, 2.45) is 56.2 Å². The summed E-state index contributed by atoms with van der Waals surface area (Å²) >= 11 is 0. The summed E-state index contributed by atoms with van der Waals surface area (Å²) in [6, 6.07) is 0. The Kier molecular flexibility index (Phi) is 8.08. The smallest absolute Gasteiger partial charge is 0.310 e. The molecule has 0 aromatic carbocycles. The van der Waals surface area contributed by atoms with Crippen LogP contribution in [0.3, 0.4) is 0 Å². The first-order valence-corrected chi connectivity index (χ1v) is 17.7. The molecule has 8 heteroatoms. The molecule has 256 valence electrons. The first-order chi connectivity index (χ1) is 20.8. The maximum absolute atomic E-state index is 13.0. The van der Waals surface area contributed by atoms with Crippen LogP contribution >= 0.6 is 0 Å². The lowest BCUT2D eigenvalue weighted by molar-refractivity contribution is -0.267. The number of allylic oxidation sites excluding steroid dienone is 2. The Labute approximate surface area is 269 Å². The zero-order valence-electron chi connectivity index (χ0n) is 28.6. The molecule has 7 unspecified atom stereocenters. The average Bonchev–Trinajstić information content (AvgIpc) is 2.95. The summed E-state index contributed by atoms with van der Waals surface area (Å²) in [5.74, 6) is 0.0295. The maximum atomic E-state index is 13.0. The van der Waals surface area contributed by atoms with Gasteiger partial charge in [0.2, 0.25) is 0 Å². The number of aliphatic carboxylic acids is 1. The quantitative estimate of drug-likeness (QED) is 0.245. The largest absolute Gasteiger partial charge is 0.481 e. The van der Waals surface area contributed by atoms with Gasteiger partial charge in [0.25, 0.3) is 0 Å². The number of carboxylic acid groups (broad SMARTS) is 1. The third-order valence-corrected chi connectivity index (χ3v) is 15.9. The average molecular weight is 633 g/mol. The zero-order chi connectivity index (χ0) is 33.1. The number of hydrogen-bond donors (Lipinski definition) is 6. The summed E-state index contributed by atoms with van der Waals surface area (Å²) in [4.78, 5) is 13.0. The molecule has 4 saturated carbocycles. The van der Waals surface area contributed by atoms with Gasteiger partial charge in [-0.2, -0.15) is 0 Å². The Hall–Kier alpha value is -1.03. The summed E-state index contributed by atoms with van der Waals surface area (Å²) < 4.78 is 5.85. The second-order valence-corrected chi connectivity index (χ2v) is 18.4. The number of aliphatic hydroxyl groups excluding tert-OH is 5. The van der Waals surface area contributed by atoms with Gasteiger partial charge in [0, 0.05) is 0 Å². The van der Waals surface area contributed by atoms with Gasteiger partial charge in [0.05, 0.1) is 18.1 Å². The predicted molar refractivity (Wildman–Crippen MR) is 170 cm³/mol. The van der Waals surface area contributed by atoms with Gasteiger partial charge >= 0.3 is 5.97 Å². The SMILES string of the molecule is CC1(C)CC[C@]2(C(=O)O)CC[C@]3(C)C(=CCC4[C@@]5(C)CC[C@@H](C(O)[C@@H]6OC(CO)[C@@H](O)C(O)C6O)C(C)(C)C5CC[C@]43C)C2C1. The van der Waals surface area contributed by atoms with Gasteiger partial charge in [-0.05, 0) is 115 Å². The molecule has 14 atom stereocenters. The Bertz CT molecular complexity index is 1210. The molecule has 0 aromatic rings. The number of ether oxygens (including phenoxy) is 1. The van der Waals surface area contributed by atoms with Crippen LogP contribution in [-0.2, 0) is 9.53 Å². The molecule has 1 saturated heterocycles. The highest BCUT2D eigenvalue weighted by molar-refractivity contribution is 5.76. The molecular weight excluding hydrogens is 572 g/mol. The molecule has 0 radical (unpaired) electrons. The van der Waals surface area contributed by atoms with Crippen LogP contribution in [0.4, 0.5) is 0 Å². The molecule has 45 heavy (non-hydrogen) atoms. The Morgan fingerprint density at radius 1 is 0.889 bits per heavy atom. The van der Waals surface area contributed by atoms with Crippen molar-refractivity contribution in [1.82, 2.24) is 0 Å². The highest BCUT2D eigenvalue weighted by Gasteiger charge is 2.70. The summed E-state index contributed by atoms with van der Waals surface area (Å²) in [5.41, 5.74) is 0.609. The van der Waals surface area contributed by atoms with E-state index in [1.807, 2.05) is 0 Å². The third-order valence-electron chi connectivity index (χ3n) is 15.9. The molecular formula is C37H60O8. The van der Waals surface area contributed by atoms with Gasteiger partial charge in [0.1, 0.15) is 30.5 Å². The fraction of sp³-hybridized carbons (Fsp3) is 0.919. The molecule has 5 fully saturated rings. The van der Waals surface area contributed by atoms with Crippen LogP contribution in [0.15, 0.2) is 11.6 Å². The van der Waals surface area contributed by atoms with Gasteiger partial charge < -0.3 is 35.4 Å². The second kappa shape index (κ2) is 10.7. The van der Waals surface area contributed by atoms with E-state index in [4.69, 9.17) is 4.74 Å². The minimum absolute atomic E-state index is 0.0142. The molecule has 8 nitrogen and oxygen atoms in total. The van der Waals surface area contributed by atoms with Crippen molar-refractivity contribution in [2.75, 3.05) is 6.61 Å². The van der Waals surface area contributed by atoms with E-state index in [2.05, 4.69) is 54.5 Å². The highest BCUT2D eigenvalue weighted by atomic mass is 16.6. The number of rotatable bonds is 4. The molecule has 5 aliphatic carbocycles. The van der Waals surface area contributed by atoms with Crippen molar-refractivity contribution >= 4 is 5.97 Å². The van der Waals surface area contributed by atoms with Gasteiger partial charge in [-0.25, -0.2) is 0 Å². The minimum atomic E-state index is -1.50. The van der Waals surface area contributed by atoms with E-state index in [1.54, 1.807) is 0 Å². The third kappa shape index (κ3) is 4.55. The lowest BCUT2D eigenvalue weighted by Crippen LogP contribution is -2.67. The van der Waals surface area contributed by atoms with Crippen LogP contribution in [0.25, 0.3) is 0 Å². The normalized spacial score (nSPS) is 52.7. The zero-order valence-corrected chi connectivity index (χ0v) is 28.6. The lowest BCUT2D eigenvalue weighted by Gasteiger charge is -2.71. The van der Waals surface area contributed by atoms with Crippen LogP contribution in [0, 0.1) is 56.2 Å². The molecule has 0 spiro atoms. The number of hydrogen-bond acceptors (Lipinski definition) is 7. The van der Waals surface area contributed by atoms with E-state index in [0.29, 0.717) is 11.8 Å².